The minimum atomic E-state index is 0.580. The number of anilines is 1. The molecule has 1 aliphatic heterocycles. The Morgan fingerprint density at radius 3 is 3.15 bits per heavy atom. The maximum atomic E-state index is 5.80. The van der Waals surface area contributed by atoms with Crippen LogP contribution in [0.3, 0.4) is 0 Å². The number of thioether (sulfide) groups is 1. The van der Waals surface area contributed by atoms with Crippen molar-refractivity contribution >= 4 is 40.5 Å². The van der Waals surface area contributed by atoms with E-state index in [1.807, 2.05) is 17.1 Å². The summed E-state index contributed by atoms with van der Waals surface area (Å²) in [6.07, 6.45) is 0. The van der Waals surface area contributed by atoms with Crippen molar-refractivity contribution < 1.29 is 0 Å². The summed E-state index contributed by atoms with van der Waals surface area (Å²) in [5, 5.41) is 2.04. The van der Waals surface area contributed by atoms with Gasteiger partial charge in [-0.1, -0.05) is 11.6 Å². The van der Waals surface area contributed by atoms with Gasteiger partial charge in [-0.05, 0) is 6.92 Å². The summed E-state index contributed by atoms with van der Waals surface area (Å²) >= 11 is 9.32. The Balaban J connectivity index is 2.14. The van der Waals surface area contributed by atoms with E-state index < -0.39 is 0 Å². The molecule has 0 aliphatic carbocycles. The van der Waals surface area contributed by atoms with Crippen molar-refractivity contribution in [3.63, 3.8) is 0 Å². The van der Waals surface area contributed by atoms with Crippen molar-refractivity contribution in [2.45, 2.75) is 13.0 Å². The average Bonchev–Trinajstić information content (AvgIpc) is 2.53. The first-order valence-corrected chi connectivity index (χ1v) is 6.64. The Hall–Kier alpha value is 0.0700. The standard InChI is InChI=1S/C8H11ClN2S2/c1-6-4-12-3-2-11(6)7-5-13-8(9)10-7/h5-6H,2-4H2,1H3. The molecule has 1 fully saturated rings. The largest absolute Gasteiger partial charge is 0.352 e. The van der Waals surface area contributed by atoms with Crippen molar-refractivity contribution in [3.05, 3.63) is 9.85 Å². The second-order valence-electron chi connectivity index (χ2n) is 3.08. The van der Waals surface area contributed by atoms with Gasteiger partial charge in [-0.3, -0.25) is 0 Å². The average molecular weight is 235 g/mol. The maximum absolute atomic E-state index is 5.80. The van der Waals surface area contributed by atoms with E-state index in [4.69, 9.17) is 11.6 Å². The van der Waals surface area contributed by atoms with Crippen LogP contribution in [0.1, 0.15) is 6.92 Å². The minimum absolute atomic E-state index is 0.580. The molecule has 0 bridgehead atoms. The minimum Gasteiger partial charge on any atom is -0.352 e. The topological polar surface area (TPSA) is 16.1 Å². The van der Waals surface area contributed by atoms with Gasteiger partial charge >= 0.3 is 0 Å². The number of nitrogens with zero attached hydrogens (tertiary/aromatic N) is 2. The molecule has 13 heavy (non-hydrogen) atoms. The van der Waals surface area contributed by atoms with Crippen molar-refractivity contribution in [1.82, 2.24) is 4.98 Å². The van der Waals surface area contributed by atoms with E-state index in [0.29, 0.717) is 10.5 Å². The fourth-order valence-electron chi connectivity index (χ4n) is 1.44. The molecule has 1 unspecified atom stereocenters. The Morgan fingerprint density at radius 2 is 2.54 bits per heavy atom. The third kappa shape index (κ3) is 2.11. The van der Waals surface area contributed by atoms with Gasteiger partial charge in [0.25, 0.3) is 0 Å². The summed E-state index contributed by atoms with van der Waals surface area (Å²) < 4.78 is 0.639. The van der Waals surface area contributed by atoms with E-state index in [-0.39, 0.29) is 0 Å². The molecule has 0 saturated carbocycles. The predicted molar refractivity (Wildman–Crippen MR) is 61.3 cm³/mol. The predicted octanol–water partition coefficient (Wildman–Crippen LogP) is 2.74. The highest BCUT2D eigenvalue weighted by atomic mass is 35.5. The van der Waals surface area contributed by atoms with Crippen molar-refractivity contribution in [3.8, 4) is 0 Å². The Labute approximate surface area is 91.3 Å². The van der Waals surface area contributed by atoms with E-state index in [0.717, 1.165) is 12.4 Å². The maximum Gasteiger partial charge on any atom is 0.185 e. The SMILES string of the molecule is CC1CSCCN1c1csc(Cl)n1. The zero-order valence-corrected chi connectivity index (χ0v) is 9.75. The molecule has 0 N–H and O–H groups in total. The van der Waals surface area contributed by atoms with Crippen LogP contribution < -0.4 is 4.90 Å². The van der Waals surface area contributed by atoms with Gasteiger partial charge in [0.05, 0.1) is 0 Å². The second-order valence-corrected chi connectivity index (χ2v) is 5.67. The number of halogens is 1. The van der Waals surface area contributed by atoms with Crippen LogP contribution in [-0.4, -0.2) is 29.1 Å². The molecule has 0 amide bonds. The van der Waals surface area contributed by atoms with E-state index in [1.54, 1.807) is 0 Å². The first kappa shape index (κ1) is 9.62. The lowest BCUT2D eigenvalue weighted by molar-refractivity contribution is 0.692. The summed E-state index contributed by atoms with van der Waals surface area (Å²) in [5.41, 5.74) is 0. The van der Waals surface area contributed by atoms with Crippen molar-refractivity contribution in [1.29, 1.82) is 0 Å². The summed E-state index contributed by atoms with van der Waals surface area (Å²) in [6.45, 7) is 3.32. The molecule has 1 aliphatic rings. The number of rotatable bonds is 1. The van der Waals surface area contributed by atoms with Crippen LogP contribution in [0.25, 0.3) is 0 Å². The molecule has 5 heteroatoms. The fraction of sp³-hybridized carbons (Fsp3) is 0.625. The lowest BCUT2D eigenvalue weighted by Gasteiger charge is -2.33. The first-order chi connectivity index (χ1) is 6.27. The molecule has 2 heterocycles. The smallest absolute Gasteiger partial charge is 0.185 e. The summed E-state index contributed by atoms with van der Waals surface area (Å²) in [4.78, 5) is 6.62. The van der Waals surface area contributed by atoms with Crippen LogP contribution in [0.2, 0.25) is 4.47 Å². The summed E-state index contributed by atoms with van der Waals surface area (Å²) in [6, 6.07) is 0.580. The molecule has 0 radical (unpaired) electrons. The second kappa shape index (κ2) is 4.07. The van der Waals surface area contributed by atoms with Gasteiger partial charge in [0.1, 0.15) is 5.82 Å². The Bertz CT molecular complexity index is 289. The molecule has 1 saturated heterocycles. The first-order valence-electron chi connectivity index (χ1n) is 4.23. The van der Waals surface area contributed by atoms with Gasteiger partial charge in [0.15, 0.2) is 4.47 Å². The van der Waals surface area contributed by atoms with Gasteiger partial charge < -0.3 is 4.90 Å². The van der Waals surface area contributed by atoms with Gasteiger partial charge in [0.2, 0.25) is 0 Å². The molecule has 1 aromatic heterocycles. The van der Waals surface area contributed by atoms with Crippen LogP contribution >= 0.6 is 34.7 Å². The highest BCUT2D eigenvalue weighted by Gasteiger charge is 2.20. The monoisotopic (exact) mass is 234 g/mol. The number of hydrogen-bond donors (Lipinski definition) is 0. The normalized spacial score (nSPS) is 23.5. The third-order valence-corrected chi connectivity index (χ3v) is 4.28. The van der Waals surface area contributed by atoms with Crippen LogP contribution in [0.15, 0.2) is 5.38 Å². The zero-order valence-electron chi connectivity index (χ0n) is 7.36. The summed E-state index contributed by atoms with van der Waals surface area (Å²) in [7, 11) is 0. The fourth-order valence-corrected chi connectivity index (χ4v) is 3.21. The van der Waals surface area contributed by atoms with Crippen LogP contribution in [0.4, 0.5) is 5.82 Å². The van der Waals surface area contributed by atoms with E-state index >= 15 is 0 Å². The van der Waals surface area contributed by atoms with E-state index in [1.165, 1.54) is 22.8 Å². The van der Waals surface area contributed by atoms with Crippen LogP contribution in [0.5, 0.6) is 0 Å². The Kier molecular flexibility index (Phi) is 3.01. The molecular formula is C8H11ClN2S2. The number of hydrogen-bond acceptors (Lipinski definition) is 4. The highest BCUT2D eigenvalue weighted by molar-refractivity contribution is 7.99. The number of aromatic nitrogens is 1. The lowest BCUT2D eigenvalue weighted by atomic mass is 10.3. The van der Waals surface area contributed by atoms with Crippen LogP contribution in [0, 0.1) is 0 Å². The van der Waals surface area contributed by atoms with Crippen molar-refractivity contribution in [2.75, 3.05) is 23.0 Å². The van der Waals surface area contributed by atoms with Gasteiger partial charge in [0, 0.05) is 29.5 Å². The van der Waals surface area contributed by atoms with Gasteiger partial charge in [-0.25, -0.2) is 4.98 Å². The van der Waals surface area contributed by atoms with Crippen molar-refractivity contribution in [2.24, 2.45) is 0 Å². The quantitative estimate of drug-likeness (QED) is 0.744. The number of thiazole rings is 1. The zero-order chi connectivity index (χ0) is 9.26. The van der Waals surface area contributed by atoms with Gasteiger partial charge in [-0.15, -0.1) is 11.3 Å². The molecule has 72 valence electrons. The molecule has 1 aromatic rings. The molecule has 0 spiro atoms. The molecule has 2 nitrogen and oxygen atoms in total. The van der Waals surface area contributed by atoms with E-state index in [2.05, 4.69) is 16.8 Å². The van der Waals surface area contributed by atoms with Crippen LogP contribution in [-0.2, 0) is 0 Å². The molecule has 1 atom stereocenters. The Morgan fingerprint density at radius 1 is 1.69 bits per heavy atom. The molecule has 2 rings (SSSR count). The van der Waals surface area contributed by atoms with E-state index in [9.17, 15) is 0 Å². The lowest BCUT2D eigenvalue weighted by Crippen LogP contribution is -2.40. The molecule has 0 aromatic carbocycles. The molecular weight excluding hydrogens is 224 g/mol. The summed E-state index contributed by atoms with van der Waals surface area (Å²) in [5.74, 6) is 3.43. The van der Waals surface area contributed by atoms with Gasteiger partial charge in [-0.2, -0.15) is 11.8 Å². The third-order valence-electron chi connectivity index (χ3n) is 2.13. The highest BCUT2D eigenvalue weighted by Crippen LogP contribution is 2.27.